The minimum absolute atomic E-state index is 0.0296. The molecule has 4 heterocycles. The Hall–Kier alpha value is -6.09. The highest BCUT2D eigenvalue weighted by molar-refractivity contribution is 7.13. The van der Waals surface area contributed by atoms with E-state index in [1.54, 1.807) is 41.1 Å². The molecule has 0 aliphatic carbocycles. The number of fused-ring (bicyclic) bond motifs is 1. The maximum absolute atomic E-state index is 13.9. The van der Waals surface area contributed by atoms with Crippen LogP contribution < -0.4 is 21.3 Å². The number of hydrogen-bond donors (Lipinski definition) is 6. The Morgan fingerprint density at radius 1 is 0.900 bits per heavy atom. The number of likely N-dealkylation sites (tertiary alicyclic amines) is 2. The molecule has 374 valence electrons. The van der Waals surface area contributed by atoms with Gasteiger partial charge >= 0.3 is 0 Å². The van der Waals surface area contributed by atoms with Crippen molar-refractivity contribution in [2.24, 2.45) is 5.41 Å². The Labute approximate surface area is 412 Å². The summed E-state index contributed by atoms with van der Waals surface area (Å²) in [6.45, 7) is 12.8. The van der Waals surface area contributed by atoms with Crippen molar-refractivity contribution in [1.82, 2.24) is 40.7 Å². The number of aryl methyl sites for hydroxylation is 1. The molecule has 2 saturated heterocycles. The number of rotatable bonds is 22. The maximum atomic E-state index is 13.9. The van der Waals surface area contributed by atoms with Crippen LogP contribution in [0.2, 0.25) is 0 Å². The lowest BCUT2D eigenvalue weighted by atomic mass is 9.85. The third-order valence-corrected chi connectivity index (χ3v) is 13.4. The first kappa shape index (κ1) is 51.8. The highest BCUT2D eigenvalue weighted by atomic mass is 32.1. The number of nitrogens with zero attached hydrogens (tertiary/aromatic N) is 4. The van der Waals surface area contributed by atoms with Gasteiger partial charge < -0.3 is 50.5 Å². The zero-order valence-corrected chi connectivity index (χ0v) is 41.4. The first-order chi connectivity index (χ1) is 33.6. The summed E-state index contributed by atoms with van der Waals surface area (Å²) in [5.74, 6) is -1.03. The second kappa shape index (κ2) is 24.2. The minimum Gasteiger partial charge on any atom is -0.391 e. The van der Waals surface area contributed by atoms with Gasteiger partial charge in [0.1, 0.15) is 24.5 Å². The number of carbonyl (C=O) groups is 5. The van der Waals surface area contributed by atoms with Crippen LogP contribution in [0.5, 0.6) is 0 Å². The predicted octanol–water partition coefficient (Wildman–Crippen LogP) is 4.82. The van der Waals surface area contributed by atoms with E-state index in [4.69, 9.17) is 19.2 Å². The van der Waals surface area contributed by atoms with Gasteiger partial charge in [0.05, 0.1) is 72.8 Å². The van der Waals surface area contributed by atoms with Crippen LogP contribution in [0.4, 0.5) is 5.69 Å². The van der Waals surface area contributed by atoms with Crippen molar-refractivity contribution in [1.29, 1.82) is 0 Å². The van der Waals surface area contributed by atoms with Crippen molar-refractivity contribution >= 4 is 57.6 Å². The molecular weight excluding hydrogens is 915 g/mol. The van der Waals surface area contributed by atoms with Crippen LogP contribution in [0.15, 0.2) is 72.2 Å². The van der Waals surface area contributed by atoms with Gasteiger partial charge in [-0.1, -0.05) is 45.0 Å². The average molecular weight is 980 g/mol. The number of aliphatic hydroxyl groups excluding tert-OH is 1. The number of H-pyrrole nitrogens is 1. The number of hydrogen-bond acceptors (Lipinski definition) is 13. The Morgan fingerprint density at radius 2 is 1.60 bits per heavy atom. The van der Waals surface area contributed by atoms with Gasteiger partial charge in [-0.15, -0.1) is 11.3 Å². The van der Waals surface area contributed by atoms with E-state index in [2.05, 4.69) is 43.1 Å². The van der Waals surface area contributed by atoms with Crippen molar-refractivity contribution in [2.45, 2.75) is 91.2 Å². The number of carbonyl (C=O) groups excluding carboxylic acids is 5. The molecule has 2 aliphatic rings. The fraction of sp³-hybridized carbons (Fsp3) is 0.471. The largest absolute Gasteiger partial charge is 0.391 e. The van der Waals surface area contributed by atoms with Crippen LogP contribution in [-0.2, 0) is 41.7 Å². The van der Waals surface area contributed by atoms with E-state index in [-0.39, 0.29) is 83.4 Å². The summed E-state index contributed by atoms with van der Waals surface area (Å²) < 4.78 is 16.6. The molecule has 6 N–H and O–H groups in total. The lowest BCUT2D eigenvalue weighted by Crippen LogP contribution is -2.58. The Bertz CT molecular complexity index is 2580. The molecule has 4 atom stereocenters. The Balaban J connectivity index is 0.740. The SMILES string of the molecule is Cc1ncsc1-c1ccc(CNC(=O)[C@@H]2C[C@@H](O)CN2C(=O)[C@@H](NC(=O)COCCOCCOCCNC(=O)c2ccc(C(=O)Nc3ccc4nc(CN5CCC[C@@H]5C)[nH]c4c3)cc2)C(C)(C)C)cc1. The van der Waals surface area contributed by atoms with Gasteiger partial charge in [-0.25, -0.2) is 9.97 Å². The normalized spacial score (nSPS) is 17.7. The molecule has 0 unspecified atom stereocenters. The molecule has 0 spiro atoms. The van der Waals surface area contributed by atoms with E-state index >= 15 is 0 Å². The zero-order valence-electron chi connectivity index (χ0n) is 40.5. The summed E-state index contributed by atoms with van der Waals surface area (Å²) in [5.41, 5.74) is 7.14. The van der Waals surface area contributed by atoms with E-state index in [0.29, 0.717) is 22.9 Å². The summed E-state index contributed by atoms with van der Waals surface area (Å²) >= 11 is 1.57. The maximum Gasteiger partial charge on any atom is 0.255 e. The monoisotopic (exact) mass is 979 g/mol. The summed E-state index contributed by atoms with van der Waals surface area (Å²) in [5, 5.41) is 22.0. The first-order valence-corrected chi connectivity index (χ1v) is 24.7. The third-order valence-electron chi connectivity index (χ3n) is 12.5. The number of aliphatic hydroxyl groups is 1. The molecule has 0 radical (unpaired) electrons. The molecule has 3 aromatic carbocycles. The highest BCUT2D eigenvalue weighted by Gasteiger charge is 2.44. The number of thiazole rings is 1. The topological polar surface area (TPSA) is 229 Å². The second-order valence-electron chi connectivity index (χ2n) is 18.9. The van der Waals surface area contributed by atoms with Crippen LogP contribution >= 0.6 is 11.3 Å². The van der Waals surface area contributed by atoms with E-state index in [1.165, 1.54) is 17.7 Å². The number of amides is 5. The zero-order chi connectivity index (χ0) is 49.8. The van der Waals surface area contributed by atoms with Gasteiger partial charge in [0.25, 0.3) is 11.8 Å². The molecule has 2 aliphatic heterocycles. The molecule has 5 amide bonds. The number of benzene rings is 3. The quantitative estimate of drug-likeness (QED) is 0.0513. The predicted molar refractivity (Wildman–Crippen MR) is 266 cm³/mol. The smallest absolute Gasteiger partial charge is 0.255 e. The molecule has 2 aromatic heterocycles. The van der Waals surface area contributed by atoms with Gasteiger partial charge in [-0.2, -0.15) is 0 Å². The fourth-order valence-electron chi connectivity index (χ4n) is 8.54. The van der Waals surface area contributed by atoms with Crippen molar-refractivity contribution in [2.75, 3.05) is 64.6 Å². The molecule has 7 rings (SSSR count). The first-order valence-electron chi connectivity index (χ1n) is 23.8. The molecule has 0 saturated carbocycles. The highest BCUT2D eigenvalue weighted by Crippen LogP contribution is 2.29. The Kier molecular flexibility index (Phi) is 17.9. The average Bonchev–Trinajstić information content (AvgIpc) is 4.15. The second-order valence-corrected chi connectivity index (χ2v) is 19.7. The molecule has 0 bridgehead atoms. The van der Waals surface area contributed by atoms with Crippen LogP contribution in [0.25, 0.3) is 21.5 Å². The number of anilines is 1. The van der Waals surface area contributed by atoms with Crippen molar-refractivity contribution in [3.05, 3.63) is 100 Å². The van der Waals surface area contributed by atoms with Gasteiger partial charge in [-0.05, 0) is 92.2 Å². The Morgan fingerprint density at radius 3 is 2.27 bits per heavy atom. The lowest BCUT2D eigenvalue weighted by molar-refractivity contribution is -0.144. The van der Waals surface area contributed by atoms with E-state index < -0.39 is 35.4 Å². The molecule has 18 nitrogen and oxygen atoms in total. The molecule has 2 fully saturated rings. The number of aromatic nitrogens is 3. The number of ether oxygens (including phenoxy) is 3. The van der Waals surface area contributed by atoms with Crippen molar-refractivity contribution in [3.63, 3.8) is 0 Å². The van der Waals surface area contributed by atoms with Gasteiger partial charge in [0.15, 0.2) is 0 Å². The van der Waals surface area contributed by atoms with Crippen LogP contribution in [0.1, 0.15) is 84.8 Å². The number of nitrogens with one attached hydrogen (secondary N) is 5. The summed E-state index contributed by atoms with van der Waals surface area (Å²) in [6, 6.07) is 18.5. The van der Waals surface area contributed by atoms with E-state index in [1.807, 2.05) is 70.2 Å². The number of β-amino-alcohol motifs (C(OH)–C–C–N with tert-alkyl or cyclic N) is 1. The van der Waals surface area contributed by atoms with E-state index in [0.717, 1.165) is 51.6 Å². The summed E-state index contributed by atoms with van der Waals surface area (Å²) in [6.07, 6.45) is 1.60. The molecule has 19 heteroatoms. The van der Waals surface area contributed by atoms with Gasteiger partial charge in [0, 0.05) is 48.9 Å². The van der Waals surface area contributed by atoms with Crippen LogP contribution in [0.3, 0.4) is 0 Å². The summed E-state index contributed by atoms with van der Waals surface area (Å²) in [7, 11) is 0. The van der Waals surface area contributed by atoms with Crippen molar-refractivity contribution in [3.8, 4) is 10.4 Å². The van der Waals surface area contributed by atoms with Gasteiger partial charge in [0.2, 0.25) is 17.7 Å². The van der Waals surface area contributed by atoms with Crippen LogP contribution in [-0.4, -0.2) is 143 Å². The summed E-state index contributed by atoms with van der Waals surface area (Å²) in [4.78, 5) is 83.3. The van der Waals surface area contributed by atoms with Crippen molar-refractivity contribution < 1.29 is 43.3 Å². The van der Waals surface area contributed by atoms with Crippen LogP contribution in [0, 0.1) is 12.3 Å². The number of aromatic amines is 1. The van der Waals surface area contributed by atoms with Gasteiger partial charge in [-0.3, -0.25) is 28.9 Å². The fourth-order valence-corrected chi connectivity index (χ4v) is 9.35. The molecule has 5 aromatic rings. The molecular formula is C51H65N9O9S. The van der Waals surface area contributed by atoms with E-state index in [9.17, 15) is 29.1 Å². The standard InChI is InChI=1S/C51H65N9O9S/c1-32-7-6-19-59(32)29-43-56-40-17-16-38(25-41(40)57-43)55-48(64)37-14-12-36(13-15-37)47(63)52-18-20-67-21-22-68-23-24-69-30-44(62)58-46(51(3,4)5)50(66)60-28-39(61)26-42(60)49(65)53-27-34-8-10-35(11-9-34)45-33(2)54-31-70-45/h8-17,25,31-32,39,42,46,61H,6-7,18-24,26-30H2,1-5H3,(H,52,63)(H,53,65)(H,55,64)(H,56,57)(H,58,62)/t32-,39+,42-,46+/m0/s1. The number of imidazole rings is 1. The molecule has 70 heavy (non-hydrogen) atoms. The minimum atomic E-state index is -0.984. The third kappa shape index (κ3) is 14.0. The lowest BCUT2D eigenvalue weighted by Gasteiger charge is -2.35.